The van der Waals surface area contributed by atoms with E-state index >= 15 is 0 Å². The number of hydrogen-bond donors (Lipinski definition) is 4. The van der Waals surface area contributed by atoms with Crippen LogP contribution in [0.2, 0.25) is 0 Å². The van der Waals surface area contributed by atoms with E-state index in [0.717, 1.165) is 37.7 Å². The van der Waals surface area contributed by atoms with Gasteiger partial charge >= 0.3 is 0 Å². The molecule has 1 heterocycles. The third kappa shape index (κ3) is 4.88. The van der Waals surface area contributed by atoms with Crippen molar-refractivity contribution in [2.24, 2.45) is 40.4 Å². The number of ketones is 1. The van der Waals surface area contributed by atoms with Crippen LogP contribution in [0.5, 0.6) is 0 Å². The topological polar surface area (TPSA) is 116 Å². The summed E-state index contributed by atoms with van der Waals surface area (Å²) >= 11 is 0. The highest BCUT2D eigenvalue weighted by molar-refractivity contribution is 5.95. The molecular weight excluding hydrogens is 544 g/mol. The van der Waals surface area contributed by atoms with Crippen LogP contribution in [0.4, 0.5) is 0 Å². The van der Waals surface area contributed by atoms with E-state index in [2.05, 4.69) is 19.1 Å². The van der Waals surface area contributed by atoms with E-state index in [9.17, 15) is 25.2 Å². The molecule has 7 heteroatoms. The number of ether oxygens (including phenoxy) is 2. The first-order valence-corrected chi connectivity index (χ1v) is 16.6. The van der Waals surface area contributed by atoms with Crippen molar-refractivity contribution in [3.05, 3.63) is 47.5 Å². The predicted octanol–water partition coefficient (Wildman–Crippen LogP) is 4.24. The fraction of sp³-hybridized carbons (Fsp3) is 0.750. The van der Waals surface area contributed by atoms with Gasteiger partial charge in [0.2, 0.25) is 0 Å². The van der Waals surface area contributed by atoms with Crippen LogP contribution in [0.1, 0.15) is 78.2 Å². The van der Waals surface area contributed by atoms with Crippen LogP contribution < -0.4 is 0 Å². The van der Waals surface area contributed by atoms with Gasteiger partial charge in [-0.3, -0.25) is 4.79 Å². The molecule has 0 amide bonds. The lowest BCUT2D eigenvalue weighted by molar-refractivity contribution is -0.194. The molecule has 1 saturated heterocycles. The Morgan fingerprint density at radius 1 is 1.09 bits per heavy atom. The number of aliphatic hydroxyl groups is 4. The molecule has 238 valence electrons. The van der Waals surface area contributed by atoms with Gasteiger partial charge in [0, 0.05) is 23.9 Å². The Morgan fingerprint density at radius 3 is 2.56 bits per heavy atom. The number of allylic oxidation sites excluding steroid dienone is 1. The van der Waals surface area contributed by atoms with E-state index in [1.165, 1.54) is 5.56 Å². The number of hydrogen-bond acceptors (Lipinski definition) is 7. The van der Waals surface area contributed by atoms with Crippen molar-refractivity contribution >= 4 is 5.78 Å². The quantitative estimate of drug-likeness (QED) is 0.355. The minimum Gasteiger partial charge on any atom is -0.396 e. The molecule has 5 aliphatic rings. The highest BCUT2D eigenvalue weighted by atomic mass is 16.5. The Labute approximate surface area is 256 Å². The van der Waals surface area contributed by atoms with Crippen LogP contribution >= 0.6 is 0 Å². The van der Waals surface area contributed by atoms with Gasteiger partial charge in [-0.05, 0) is 98.7 Å². The van der Waals surface area contributed by atoms with Gasteiger partial charge in [0.05, 0.1) is 36.6 Å². The second-order valence-electron chi connectivity index (χ2n) is 15.3. The van der Waals surface area contributed by atoms with Crippen molar-refractivity contribution in [1.29, 1.82) is 0 Å². The summed E-state index contributed by atoms with van der Waals surface area (Å²) in [6.45, 7) is 8.92. The summed E-state index contributed by atoms with van der Waals surface area (Å²) in [5, 5.41) is 46.1. The van der Waals surface area contributed by atoms with Gasteiger partial charge in [-0.15, -0.1) is 0 Å². The Bertz CT molecular complexity index is 1210. The second-order valence-corrected chi connectivity index (χ2v) is 15.3. The SMILES string of the molecule is C[C@@H]1CO[C@H]([C@@H](O)[C@@](C)(O)[C@@H]2CC[C@]3(O)C4=CC(=O)[C@H]5C[C@@H](OCCc6ccccc6)CC[C@]5(C)[C@@H]4CC[C@]23C)[C@@H]1CO. The van der Waals surface area contributed by atoms with Crippen LogP contribution in [0.25, 0.3) is 0 Å². The average Bonchev–Trinajstić information content (AvgIpc) is 3.50. The number of rotatable bonds is 8. The molecule has 12 atom stereocenters. The third-order valence-electron chi connectivity index (χ3n) is 13.2. The molecule has 7 nitrogen and oxygen atoms in total. The zero-order valence-corrected chi connectivity index (χ0v) is 26.4. The molecule has 4 fully saturated rings. The molecule has 4 aliphatic carbocycles. The monoisotopic (exact) mass is 596 g/mol. The van der Waals surface area contributed by atoms with Crippen LogP contribution in [0, 0.1) is 40.4 Å². The standard InChI is InChI=1S/C36H52O7/c1-22-21-43-31(25(22)20-37)32(39)35(4,40)30-12-16-36(41)27-19-29(38)28-18-24(42-17-13-23-8-6-5-7-9-23)10-14-33(28,2)26(27)11-15-34(30,36)3/h5-9,19,22,24-26,28,30-32,37,39-41H,10-18,20-21H2,1-4H3/t22-,24+,25-,26-,28-,30-,31+,32-,33-,34-,35+,36+/m1/s1. The molecule has 4 N–H and O–H groups in total. The maximum absolute atomic E-state index is 13.9. The fourth-order valence-electron chi connectivity index (χ4n) is 10.4. The zero-order valence-electron chi connectivity index (χ0n) is 26.4. The Balaban J connectivity index is 1.20. The molecule has 1 aliphatic heterocycles. The van der Waals surface area contributed by atoms with Crippen molar-refractivity contribution in [1.82, 2.24) is 0 Å². The van der Waals surface area contributed by atoms with Crippen molar-refractivity contribution in [3.8, 4) is 0 Å². The number of benzene rings is 1. The van der Waals surface area contributed by atoms with Crippen LogP contribution in [0.15, 0.2) is 42.0 Å². The van der Waals surface area contributed by atoms with Gasteiger partial charge in [0.1, 0.15) is 6.10 Å². The van der Waals surface area contributed by atoms with Crippen molar-refractivity contribution < 1.29 is 34.7 Å². The molecule has 43 heavy (non-hydrogen) atoms. The second kappa shape index (κ2) is 11.3. The molecule has 0 aromatic heterocycles. The van der Waals surface area contributed by atoms with Crippen LogP contribution in [0.3, 0.4) is 0 Å². The minimum absolute atomic E-state index is 0.0633. The van der Waals surface area contributed by atoms with E-state index in [-0.39, 0.29) is 47.6 Å². The molecular formula is C36H52O7. The van der Waals surface area contributed by atoms with Gasteiger partial charge in [0.25, 0.3) is 0 Å². The first-order valence-electron chi connectivity index (χ1n) is 16.6. The normalized spacial score (nSPS) is 44.6. The molecule has 0 bridgehead atoms. The first kappa shape index (κ1) is 31.4. The summed E-state index contributed by atoms with van der Waals surface area (Å²) < 4.78 is 12.2. The fourth-order valence-corrected chi connectivity index (χ4v) is 10.4. The molecule has 3 saturated carbocycles. The van der Waals surface area contributed by atoms with E-state index in [1.807, 2.05) is 32.0 Å². The minimum atomic E-state index is -1.53. The van der Waals surface area contributed by atoms with E-state index in [0.29, 0.717) is 32.5 Å². The lowest BCUT2D eigenvalue weighted by atomic mass is 9.46. The average molecular weight is 597 g/mol. The van der Waals surface area contributed by atoms with E-state index in [4.69, 9.17) is 9.47 Å². The van der Waals surface area contributed by atoms with Crippen molar-refractivity contribution in [2.75, 3.05) is 19.8 Å². The Kier molecular flexibility index (Phi) is 8.26. The summed E-state index contributed by atoms with van der Waals surface area (Å²) in [7, 11) is 0. The zero-order chi connectivity index (χ0) is 30.8. The lowest BCUT2D eigenvalue weighted by Crippen LogP contribution is -2.63. The Hall–Kier alpha value is -1.61. The summed E-state index contributed by atoms with van der Waals surface area (Å²) in [6, 6.07) is 10.3. The summed E-state index contributed by atoms with van der Waals surface area (Å²) in [5.41, 5.74) is -1.60. The predicted molar refractivity (Wildman–Crippen MR) is 163 cm³/mol. The maximum atomic E-state index is 13.9. The Morgan fingerprint density at radius 2 is 1.84 bits per heavy atom. The molecule has 1 aromatic carbocycles. The van der Waals surface area contributed by atoms with Gasteiger partial charge in [-0.25, -0.2) is 0 Å². The lowest BCUT2D eigenvalue weighted by Gasteiger charge is -2.60. The van der Waals surface area contributed by atoms with Crippen LogP contribution in [-0.2, 0) is 20.7 Å². The van der Waals surface area contributed by atoms with E-state index in [1.54, 1.807) is 13.0 Å². The maximum Gasteiger partial charge on any atom is 0.159 e. The number of fused-ring (bicyclic) bond motifs is 5. The first-order chi connectivity index (χ1) is 20.4. The van der Waals surface area contributed by atoms with Crippen molar-refractivity contribution in [3.63, 3.8) is 0 Å². The van der Waals surface area contributed by atoms with Gasteiger partial charge in [-0.1, -0.05) is 51.1 Å². The van der Waals surface area contributed by atoms with E-state index < -0.39 is 34.7 Å². The number of carbonyl (C=O) groups is 1. The molecule has 6 rings (SSSR count). The smallest absolute Gasteiger partial charge is 0.159 e. The number of carbonyl (C=O) groups excluding carboxylic acids is 1. The summed E-state index contributed by atoms with van der Waals surface area (Å²) in [5.74, 6) is -0.484. The van der Waals surface area contributed by atoms with Crippen molar-refractivity contribution in [2.45, 2.75) is 109 Å². The molecule has 0 spiro atoms. The molecule has 1 aromatic rings. The highest BCUT2D eigenvalue weighted by Gasteiger charge is 2.69. The largest absolute Gasteiger partial charge is 0.396 e. The number of aliphatic hydroxyl groups excluding tert-OH is 2. The van der Waals surface area contributed by atoms with Gasteiger partial charge in [0.15, 0.2) is 5.78 Å². The van der Waals surface area contributed by atoms with Gasteiger partial charge < -0.3 is 29.9 Å². The molecule has 0 unspecified atom stereocenters. The summed E-state index contributed by atoms with van der Waals surface area (Å²) in [4.78, 5) is 13.9. The highest BCUT2D eigenvalue weighted by Crippen LogP contribution is 2.68. The van der Waals surface area contributed by atoms with Gasteiger partial charge in [-0.2, -0.15) is 0 Å². The molecule has 0 radical (unpaired) electrons. The third-order valence-corrected chi connectivity index (χ3v) is 13.2. The van der Waals surface area contributed by atoms with Crippen LogP contribution in [-0.4, -0.2) is 75.5 Å². The summed E-state index contributed by atoms with van der Waals surface area (Å²) in [6.07, 6.45) is 5.86.